The van der Waals surface area contributed by atoms with Gasteiger partial charge in [-0.25, -0.2) is 4.79 Å². The van der Waals surface area contributed by atoms with Crippen LogP contribution in [0.4, 0.5) is 0 Å². The number of carbonyl (C=O) groups is 1. The first kappa shape index (κ1) is 11.3. The molecular weight excluding hydrogens is 198 g/mol. The number of H-pyrrole nitrogens is 1. The zero-order chi connectivity index (χ0) is 11.3. The van der Waals surface area contributed by atoms with Crippen LogP contribution in [-0.4, -0.2) is 24.2 Å². The van der Waals surface area contributed by atoms with Gasteiger partial charge in [0.15, 0.2) is 0 Å². The molecule has 0 fully saturated rings. The molecule has 0 amide bonds. The van der Waals surface area contributed by atoms with Crippen molar-refractivity contribution in [3.05, 3.63) is 28.2 Å². The van der Waals surface area contributed by atoms with Crippen LogP contribution >= 0.6 is 0 Å². The molecule has 15 heavy (non-hydrogen) atoms. The highest BCUT2D eigenvalue weighted by atomic mass is 16.5. The summed E-state index contributed by atoms with van der Waals surface area (Å²) in [5.74, 6) is -0.253. The second-order valence-electron chi connectivity index (χ2n) is 2.73. The number of esters is 1. The van der Waals surface area contributed by atoms with Crippen LogP contribution in [0, 0.1) is 0 Å². The molecule has 1 rings (SSSR count). The standard InChI is InChI=1S/C10H13NO4/c1-3-14-8-5-9(12)11-6-7(8)10(13)15-4-2/h5-6H,3-4H2,1-2H3,(H,11,12). The van der Waals surface area contributed by atoms with Gasteiger partial charge in [-0.3, -0.25) is 4.79 Å². The Balaban J connectivity index is 3.04. The van der Waals surface area contributed by atoms with Gasteiger partial charge in [-0.15, -0.1) is 0 Å². The van der Waals surface area contributed by atoms with Gasteiger partial charge in [-0.1, -0.05) is 0 Å². The summed E-state index contributed by atoms with van der Waals surface area (Å²) in [5, 5.41) is 0. The van der Waals surface area contributed by atoms with Crippen molar-refractivity contribution in [3.8, 4) is 5.75 Å². The third-order valence-electron chi connectivity index (χ3n) is 1.68. The minimum absolute atomic E-state index is 0.235. The fraction of sp³-hybridized carbons (Fsp3) is 0.400. The molecule has 0 bridgehead atoms. The quantitative estimate of drug-likeness (QED) is 0.753. The third kappa shape index (κ3) is 2.83. The van der Waals surface area contributed by atoms with E-state index in [-0.39, 0.29) is 23.5 Å². The predicted molar refractivity (Wildman–Crippen MR) is 54.2 cm³/mol. The van der Waals surface area contributed by atoms with Gasteiger partial charge in [-0.05, 0) is 13.8 Å². The van der Waals surface area contributed by atoms with Crippen molar-refractivity contribution in [2.45, 2.75) is 13.8 Å². The molecule has 0 aliphatic heterocycles. The molecule has 1 heterocycles. The van der Waals surface area contributed by atoms with Crippen LogP contribution in [-0.2, 0) is 4.74 Å². The maximum Gasteiger partial charge on any atom is 0.343 e. The number of rotatable bonds is 4. The van der Waals surface area contributed by atoms with Crippen molar-refractivity contribution >= 4 is 5.97 Å². The van der Waals surface area contributed by atoms with E-state index < -0.39 is 5.97 Å². The van der Waals surface area contributed by atoms with E-state index in [0.717, 1.165) is 0 Å². The number of ether oxygens (including phenoxy) is 2. The van der Waals surface area contributed by atoms with Crippen molar-refractivity contribution in [2.75, 3.05) is 13.2 Å². The smallest absolute Gasteiger partial charge is 0.343 e. The van der Waals surface area contributed by atoms with E-state index >= 15 is 0 Å². The molecule has 1 aromatic rings. The van der Waals surface area contributed by atoms with Crippen LogP contribution in [0.5, 0.6) is 5.75 Å². The van der Waals surface area contributed by atoms with Crippen molar-refractivity contribution in [3.63, 3.8) is 0 Å². The summed E-state index contributed by atoms with van der Waals surface area (Å²) >= 11 is 0. The Hall–Kier alpha value is -1.78. The minimum atomic E-state index is -0.503. The fourth-order valence-corrected chi connectivity index (χ4v) is 1.10. The highest BCUT2D eigenvalue weighted by molar-refractivity contribution is 5.92. The molecule has 0 atom stereocenters. The van der Waals surface area contributed by atoms with Crippen LogP contribution in [0.3, 0.4) is 0 Å². The molecule has 1 aromatic heterocycles. The Morgan fingerprint density at radius 2 is 2.13 bits per heavy atom. The number of nitrogens with one attached hydrogen (secondary N) is 1. The van der Waals surface area contributed by atoms with Crippen molar-refractivity contribution in [1.29, 1.82) is 0 Å². The number of carbonyl (C=O) groups excluding carboxylic acids is 1. The number of hydrogen-bond acceptors (Lipinski definition) is 4. The van der Waals surface area contributed by atoms with Crippen molar-refractivity contribution < 1.29 is 14.3 Å². The van der Waals surface area contributed by atoms with E-state index in [4.69, 9.17) is 9.47 Å². The van der Waals surface area contributed by atoms with Gasteiger partial charge in [0.1, 0.15) is 11.3 Å². The Morgan fingerprint density at radius 3 is 2.73 bits per heavy atom. The summed E-state index contributed by atoms with van der Waals surface area (Å²) < 4.78 is 9.98. The number of pyridine rings is 1. The molecule has 0 unspecified atom stereocenters. The molecule has 1 N–H and O–H groups in total. The molecule has 5 heteroatoms. The van der Waals surface area contributed by atoms with E-state index in [1.54, 1.807) is 13.8 Å². The van der Waals surface area contributed by atoms with Crippen LogP contribution in [0.1, 0.15) is 24.2 Å². The third-order valence-corrected chi connectivity index (χ3v) is 1.68. The number of hydrogen-bond donors (Lipinski definition) is 1. The molecule has 82 valence electrons. The Labute approximate surface area is 87.0 Å². The van der Waals surface area contributed by atoms with Crippen LogP contribution < -0.4 is 10.3 Å². The van der Waals surface area contributed by atoms with Gasteiger partial charge < -0.3 is 14.5 Å². The van der Waals surface area contributed by atoms with Gasteiger partial charge in [-0.2, -0.15) is 0 Å². The molecule has 5 nitrogen and oxygen atoms in total. The van der Waals surface area contributed by atoms with Crippen molar-refractivity contribution in [2.24, 2.45) is 0 Å². The molecule has 0 saturated heterocycles. The maximum atomic E-state index is 11.4. The van der Waals surface area contributed by atoms with E-state index in [0.29, 0.717) is 6.61 Å². The lowest BCUT2D eigenvalue weighted by molar-refractivity contribution is 0.0521. The van der Waals surface area contributed by atoms with E-state index in [2.05, 4.69) is 4.98 Å². The maximum absolute atomic E-state index is 11.4. The lowest BCUT2D eigenvalue weighted by Crippen LogP contribution is -2.13. The van der Waals surface area contributed by atoms with Gasteiger partial charge in [0.25, 0.3) is 5.56 Å². The summed E-state index contributed by atoms with van der Waals surface area (Å²) in [6.07, 6.45) is 1.30. The first-order valence-corrected chi connectivity index (χ1v) is 4.71. The lowest BCUT2D eigenvalue weighted by atomic mass is 10.2. The normalized spacial score (nSPS) is 9.73. The Bertz CT molecular complexity index is 397. The average molecular weight is 211 g/mol. The zero-order valence-corrected chi connectivity index (χ0v) is 8.70. The van der Waals surface area contributed by atoms with Crippen LogP contribution in [0.15, 0.2) is 17.1 Å². The minimum Gasteiger partial charge on any atom is -0.493 e. The second kappa shape index (κ2) is 5.19. The molecule has 0 aliphatic rings. The fourth-order valence-electron chi connectivity index (χ4n) is 1.10. The highest BCUT2D eigenvalue weighted by Crippen LogP contribution is 2.15. The molecule has 0 saturated carbocycles. The molecule has 0 spiro atoms. The van der Waals surface area contributed by atoms with E-state index in [1.807, 2.05) is 0 Å². The summed E-state index contributed by atoms with van der Waals surface area (Å²) in [6.45, 7) is 4.15. The average Bonchev–Trinajstić information content (AvgIpc) is 2.18. The summed E-state index contributed by atoms with van der Waals surface area (Å²) in [5.41, 5.74) is -0.0789. The first-order chi connectivity index (χ1) is 7.19. The summed E-state index contributed by atoms with van der Waals surface area (Å²) in [7, 11) is 0. The molecule has 0 radical (unpaired) electrons. The van der Waals surface area contributed by atoms with Gasteiger partial charge in [0, 0.05) is 12.3 Å². The SMILES string of the molecule is CCOC(=O)c1c[nH]c(=O)cc1OCC. The molecular formula is C10H13NO4. The van der Waals surface area contributed by atoms with Crippen LogP contribution in [0.25, 0.3) is 0 Å². The molecule has 0 aliphatic carbocycles. The van der Waals surface area contributed by atoms with Gasteiger partial charge >= 0.3 is 5.97 Å². The van der Waals surface area contributed by atoms with E-state index in [1.165, 1.54) is 12.3 Å². The summed E-state index contributed by atoms with van der Waals surface area (Å²) in [4.78, 5) is 24.8. The number of aromatic amines is 1. The van der Waals surface area contributed by atoms with E-state index in [9.17, 15) is 9.59 Å². The largest absolute Gasteiger partial charge is 0.493 e. The van der Waals surface area contributed by atoms with Crippen molar-refractivity contribution in [1.82, 2.24) is 4.98 Å². The monoisotopic (exact) mass is 211 g/mol. The van der Waals surface area contributed by atoms with Crippen LogP contribution in [0.2, 0.25) is 0 Å². The zero-order valence-electron chi connectivity index (χ0n) is 8.70. The Morgan fingerprint density at radius 1 is 1.40 bits per heavy atom. The van der Waals surface area contributed by atoms with Gasteiger partial charge in [0.05, 0.1) is 13.2 Å². The van der Waals surface area contributed by atoms with Gasteiger partial charge in [0.2, 0.25) is 0 Å². The molecule has 0 aromatic carbocycles. The Kier molecular flexibility index (Phi) is 3.91. The lowest BCUT2D eigenvalue weighted by Gasteiger charge is -2.07. The predicted octanol–water partition coefficient (Wildman–Crippen LogP) is 0.950. The number of aromatic nitrogens is 1. The second-order valence-corrected chi connectivity index (χ2v) is 2.73. The highest BCUT2D eigenvalue weighted by Gasteiger charge is 2.13. The topological polar surface area (TPSA) is 68.4 Å². The summed E-state index contributed by atoms with van der Waals surface area (Å²) in [6, 6.07) is 1.23. The first-order valence-electron chi connectivity index (χ1n) is 4.71.